The third-order valence-electron chi connectivity index (χ3n) is 11.5. The molecule has 0 saturated carbocycles. The predicted molar refractivity (Wildman–Crippen MR) is 251 cm³/mol. The summed E-state index contributed by atoms with van der Waals surface area (Å²) in [6.07, 6.45) is 0. The highest BCUT2D eigenvalue weighted by atomic mass is 32.1. The van der Waals surface area contributed by atoms with E-state index in [9.17, 15) is 0 Å². The average molecular weight is 756 g/mol. The van der Waals surface area contributed by atoms with Gasteiger partial charge in [0.25, 0.3) is 0 Å². The Kier molecular flexibility index (Phi) is 8.42. The minimum atomic E-state index is 1.11. The number of anilines is 3. The maximum absolute atomic E-state index is 2.44. The van der Waals surface area contributed by atoms with E-state index in [1.807, 2.05) is 11.3 Å². The fourth-order valence-electron chi connectivity index (χ4n) is 8.61. The van der Waals surface area contributed by atoms with Crippen LogP contribution in [0, 0.1) is 0 Å². The van der Waals surface area contributed by atoms with Crippen LogP contribution in [0.3, 0.4) is 0 Å². The van der Waals surface area contributed by atoms with Crippen LogP contribution in [0.4, 0.5) is 17.1 Å². The van der Waals surface area contributed by atoms with Crippen LogP contribution in [-0.4, -0.2) is 0 Å². The fraction of sp³-hybridized carbons (Fsp3) is 0. The second kappa shape index (κ2) is 14.4. The maximum Gasteiger partial charge on any atom is 0.0640 e. The van der Waals surface area contributed by atoms with Gasteiger partial charge in [0.1, 0.15) is 0 Å². The van der Waals surface area contributed by atoms with Crippen molar-refractivity contribution in [1.82, 2.24) is 0 Å². The van der Waals surface area contributed by atoms with Crippen molar-refractivity contribution in [1.29, 1.82) is 0 Å². The lowest BCUT2D eigenvalue weighted by Gasteiger charge is -2.26. The molecule has 0 unspecified atom stereocenters. The Morgan fingerprint density at radius 2 is 0.776 bits per heavy atom. The molecule has 0 radical (unpaired) electrons. The van der Waals surface area contributed by atoms with E-state index in [2.05, 4.69) is 229 Å². The summed E-state index contributed by atoms with van der Waals surface area (Å²) in [6, 6.07) is 81.8. The van der Waals surface area contributed by atoms with Crippen molar-refractivity contribution in [2.45, 2.75) is 0 Å². The van der Waals surface area contributed by atoms with Crippen LogP contribution in [0.15, 0.2) is 224 Å². The summed E-state index contributed by atoms with van der Waals surface area (Å²) in [5.74, 6) is 0. The Bertz CT molecular complexity index is 3240. The molecular formula is C56H37NS. The molecule has 0 N–H and O–H groups in total. The molecule has 2 heteroatoms. The molecule has 1 heterocycles. The van der Waals surface area contributed by atoms with Crippen LogP contribution < -0.4 is 4.90 Å². The van der Waals surface area contributed by atoms with Gasteiger partial charge >= 0.3 is 0 Å². The lowest BCUT2D eigenvalue weighted by molar-refractivity contribution is 1.30. The zero-order chi connectivity index (χ0) is 38.4. The van der Waals surface area contributed by atoms with Crippen LogP contribution in [0.2, 0.25) is 0 Å². The smallest absolute Gasteiger partial charge is 0.0640 e. The van der Waals surface area contributed by atoms with Gasteiger partial charge in [-0.05, 0) is 102 Å². The number of hydrogen-bond acceptors (Lipinski definition) is 2. The van der Waals surface area contributed by atoms with Gasteiger partial charge in [0.15, 0.2) is 0 Å². The summed E-state index contributed by atoms with van der Waals surface area (Å²) >= 11 is 1.90. The highest BCUT2D eigenvalue weighted by Gasteiger charge is 2.22. The summed E-state index contributed by atoms with van der Waals surface area (Å²) in [7, 11) is 0. The van der Waals surface area contributed by atoms with Gasteiger partial charge in [0.05, 0.1) is 10.4 Å². The molecule has 0 fully saturated rings. The first kappa shape index (κ1) is 34.0. The van der Waals surface area contributed by atoms with Gasteiger partial charge < -0.3 is 4.90 Å². The Morgan fingerprint density at radius 1 is 0.293 bits per heavy atom. The van der Waals surface area contributed by atoms with Crippen molar-refractivity contribution in [3.05, 3.63) is 224 Å². The van der Waals surface area contributed by atoms with Gasteiger partial charge in [-0.1, -0.05) is 188 Å². The van der Waals surface area contributed by atoms with E-state index in [1.54, 1.807) is 0 Å². The first-order chi connectivity index (χ1) is 28.8. The van der Waals surface area contributed by atoms with Crippen LogP contribution in [-0.2, 0) is 0 Å². The lowest BCUT2D eigenvalue weighted by Crippen LogP contribution is -2.10. The lowest BCUT2D eigenvalue weighted by atomic mass is 9.95. The van der Waals surface area contributed by atoms with Crippen molar-refractivity contribution in [3.8, 4) is 44.5 Å². The average Bonchev–Trinajstić information content (AvgIpc) is 3.71. The van der Waals surface area contributed by atoms with Gasteiger partial charge in [-0.25, -0.2) is 0 Å². The summed E-state index contributed by atoms with van der Waals surface area (Å²) in [5, 5.41) is 7.64. The van der Waals surface area contributed by atoms with E-state index in [1.165, 1.54) is 86.2 Å². The molecule has 1 aromatic heterocycles. The SMILES string of the molecule is c1ccc(-c2ccc(N(c3ccc(-c4ccc5ccc6ccccc6c5c4)cc3)c3cccc4c3sc3c(-c5ccccc5)ccc(-c5ccccc5)c34)cc2)cc1. The first-order valence-corrected chi connectivity index (χ1v) is 20.7. The Hall–Kier alpha value is -7.26. The standard InChI is InChI=1S/C56H37NS/c1-4-13-38(14-5-1)39-27-31-46(32-28-39)57(47-33-29-40(30-34-47)45-26-25-44-24-23-43-19-10-11-20-48(43)52(44)37-45)53-22-12-21-51-54-49(41-15-6-2-7-16-41)35-36-50(56(54)58-55(51)53)42-17-8-3-9-18-42/h1-37H. The minimum Gasteiger partial charge on any atom is -0.309 e. The maximum atomic E-state index is 2.44. The zero-order valence-electron chi connectivity index (χ0n) is 31.7. The molecule has 10 aromatic carbocycles. The highest BCUT2D eigenvalue weighted by molar-refractivity contribution is 7.27. The number of nitrogens with zero attached hydrogens (tertiary/aromatic N) is 1. The molecule has 1 nitrogen and oxygen atoms in total. The van der Waals surface area contributed by atoms with Gasteiger partial charge in [0, 0.05) is 26.8 Å². The van der Waals surface area contributed by atoms with Gasteiger partial charge in [-0.15, -0.1) is 11.3 Å². The second-order valence-corrected chi connectivity index (χ2v) is 15.9. The third kappa shape index (κ3) is 5.94. The van der Waals surface area contributed by atoms with Crippen molar-refractivity contribution in [2.75, 3.05) is 4.90 Å². The minimum absolute atomic E-state index is 1.11. The molecule has 58 heavy (non-hydrogen) atoms. The van der Waals surface area contributed by atoms with Crippen LogP contribution in [0.1, 0.15) is 0 Å². The molecule has 11 aromatic rings. The molecule has 0 saturated heterocycles. The largest absolute Gasteiger partial charge is 0.309 e. The predicted octanol–water partition coefficient (Wildman–Crippen LogP) is 16.5. The van der Waals surface area contributed by atoms with Crippen LogP contribution >= 0.6 is 11.3 Å². The molecule has 0 aliphatic carbocycles. The number of rotatable bonds is 7. The molecule has 0 bridgehead atoms. The molecule has 0 aliphatic heterocycles. The van der Waals surface area contributed by atoms with Gasteiger partial charge in [-0.2, -0.15) is 0 Å². The normalized spacial score (nSPS) is 11.4. The summed E-state index contributed by atoms with van der Waals surface area (Å²) in [4.78, 5) is 2.44. The summed E-state index contributed by atoms with van der Waals surface area (Å²) in [6.45, 7) is 0. The number of fused-ring (bicyclic) bond motifs is 6. The molecule has 0 spiro atoms. The topological polar surface area (TPSA) is 3.24 Å². The van der Waals surface area contributed by atoms with Crippen molar-refractivity contribution in [2.24, 2.45) is 0 Å². The first-order valence-electron chi connectivity index (χ1n) is 19.8. The van der Waals surface area contributed by atoms with E-state index < -0.39 is 0 Å². The number of hydrogen-bond donors (Lipinski definition) is 0. The van der Waals surface area contributed by atoms with E-state index in [0.29, 0.717) is 0 Å². The van der Waals surface area contributed by atoms with E-state index in [4.69, 9.17) is 0 Å². The molecule has 0 amide bonds. The van der Waals surface area contributed by atoms with Crippen molar-refractivity contribution < 1.29 is 0 Å². The zero-order valence-corrected chi connectivity index (χ0v) is 32.5. The second-order valence-electron chi connectivity index (χ2n) is 14.9. The number of benzene rings is 10. The van der Waals surface area contributed by atoms with Crippen LogP contribution in [0.5, 0.6) is 0 Å². The third-order valence-corrected chi connectivity index (χ3v) is 12.7. The Morgan fingerprint density at radius 3 is 1.45 bits per heavy atom. The Labute approximate surface area is 342 Å². The molecule has 0 atom stereocenters. The molecule has 272 valence electrons. The van der Waals surface area contributed by atoms with E-state index in [-0.39, 0.29) is 0 Å². The monoisotopic (exact) mass is 755 g/mol. The summed E-state index contributed by atoms with van der Waals surface area (Å²) in [5.41, 5.74) is 13.2. The van der Waals surface area contributed by atoms with E-state index >= 15 is 0 Å². The Balaban J connectivity index is 1.10. The quantitative estimate of drug-likeness (QED) is 0.146. The highest BCUT2D eigenvalue weighted by Crippen LogP contribution is 2.50. The van der Waals surface area contributed by atoms with E-state index in [0.717, 1.165) is 17.1 Å². The number of thiophene rings is 1. The van der Waals surface area contributed by atoms with Crippen molar-refractivity contribution in [3.63, 3.8) is 0 Å². The molecular weight excluding hydrogens is 719 g/mol. The fourth-order valence-corrected chi connectivity index (χ4v) is 9.98. The van der Waals surface area contributed by atoms with Crippen molar-refractivity contribution >= 4 is 70.1 Å². The van der Waals surface area contributed by atoms with Crippen LogP contribution in [0.25, 0.3) is 86.2 Å². The molecule has 0 aliphatic rings. The van der Waals surface area contributed by atoms with Gasteiger partial charge in [-0.3, -0.25) is 0 Å². The summed E-state index contributed by atoms with van der Waals surface area (Å²) < 4.78 is 2.56. The molecule has 11 rings (SSSR count). The van der Waals surface area contributed by atoms with Gasteiger partial charge in [0.2, 0.25) is 0 Å².